The fraction of sp³-hybridized carbons (Fsp3) is 0.250. The number of carbonyl (C=O) groups is 1. The number of carbonyl (C=O) groups excluding carboxylic acids is 1. The Bertz CT molecular complexity index is 639. The van der Waals surface area contributed by atoms with Crippen molar-refractivity contribution in [2.24, 2.45) is 0 Å². The summed E-state index contributed by atoms with van der Waals surface area (Å²) in [7, 11) is 0. The highest BCUT2D eigenvalue weighted by atomic mass is 79.9. The molecule has 110 valence electrons. The zero-order chi connectivity index (χ0) is 15.5. The molecule has 2 rings (SSSR count). The molecule has 21 heavy (non-hydrogen) atoms. The summed E-state index contributed by atoms with van der Waals surface area (Å²) in [6, 6.07) is 11.2. The summed E-state index contributed by atoms with van der Waals surface area (Å²) < 4.78 is 1.64. The van der Waals surface area contributed by atoms with E-state index in [0.29, 0.717) is 16.8 Å². The largest absolute Gasteiger partial charge is 0.619 e. The highest BCUT2D eigenvalue weighted by Crippen LogP contribution is 2.24. The van der Waals surface area contributed by atoms with Crippen LogP contribution in [0.25, 0.3) is 0 Å². The normalized spacial score (nSPS) is 11.2. The molecule has 0 aliphatic rings. The molecule has 4 nitrogen and oxygen atoms in total. The second-order valence-electron chi connectivity index (χ2n) is 5.53. The summed E-state index contributed by atoms with van der Waals surface area (Å²) in [4.78, 5) is 12.1. The van der Waals surface area contributed by atoms with Crippen molar-refractivity contribution in [3.8, 4) is 0 Å². The van der Waals surface area contributed by atoms with E-state index >= 15 is 0 Å². The number of rotatable bonds is 4. The van der Waals surface area contributed by atoms with Crippen molar-refractivity contribution in [1.29, 1.82) is 0 Å². The number of halogens is 1. The van der Waals surface area contributed by atoms with Gasteiger partial charge in [0.2, 0.25) is 0 Å². The Morgan fingerprint density at radius 1 is 1.29 bits per heavy atom. The van der Waals surface area contributed by atoms with Gasteiger partial charge in [-0.1, -0.05) is 41.9 Å². The van der Waals surface area contributed by atoms with Gasteiger partial charge in [0.15, 0.2) is 12.4 Å². The second kappa shape index (κ2) is 6.26. The number of nitrogens with one attached hydrogen (secondary N) is 1. The van der Waals surface area contributed by atoms with Crippen molar-refractivity contribution in [2.75, 3.05) is 6.54 Å². The first-order chi connectivity index (χ1) is 9.88. The molecule has 0 saturated heterocycles. The number of nitrogens with zero attached hydrogens (tertiary/aromatic N) is 1. The lowest BCUT2D eigenvalue weighted by Gasteiger charge is -2.25. The number of pyridine rings is 1. The Hall–Kier alpha value is -1.88. The zero-order valence-corrected chi connectivity index (χ0v) is 13.6. The van der Waals surface area contributed by atoms with E-state index < -0.39 is 0 Å². The van der Waals surface area contributed by atoms with Gasteiger partial charge in [0.25, 0.3) is 5.91 Å². The van der Waals surface area contributed by atoms with E-state index in [2.05, 4.69) is 35.1 Å². The highest BCUT2D eigenvalue weighted by molar-refractivity contribution is 9.10. The molecule has 1 aromatic heterocycles. The van der Waals surface area contributed by atoms with E-state index in [1.165, 1.54) is 12.4 Å². The van der Waals surface area contributed by atoms with Crippen LogP contribution in [0.3, 0.4) is 0 Å². The maximum atomic E-state index is 12.1. The first kappa shape index (κ1) is 15.5. The molecule has 0 bridgehead atoms. The van der Waals surface area contributed by atoms with Gasteiger partial charge >= 0.3 is 0 Å². The summed E-state index contributed by atoms with van der Waals surface area (Å²) in [5.41, 5.74) is 1.30. The third-order valence-corrected chi connectivity index (χ3v) is 3.88. The summed E-state index contributed by atoms with van der Waals surface area (Å²) >= 11 is 3.41. The minimum Gasteiger partial charge on any atom is -0.619 e. The molecule has 0 aliphatic carbocycles. The third-order valence-electron chi connectivity index (χ3n) is 3.35. The van der Waals surface area contributed by atoms with Crippen molar-refractivity contribution >= 4 is 21.8 Å². The Morgan fingerprint density at radius 3 is 2.57 bits per heavy atom. The maximum absolute atomic E-state index is 12.1. The van der Waals surface area contributed by atoms with Crippen molar-refractivity contribution in [3.63, 3.8) is 0 Å². The number of amides is 1. The SMILES string of the molecule is CC(C)(CNC(=O)c1ccc[n+]([O-])c1)c1ccc(Br)cc1. The standard InChI is InChI=1S/C16H17BrN2O2/c1-16(2,13-5-7-14(17)8-6-13)11-18-15(20)12-4-3-9-19(21)10-12/h3-10H,11H2,1-2H3,(H,18,20). The van der Waals surface area contributed by atoms with Crippen LogP contribution in [0.5, 0.6) is 0 Å². The number of hydrogen-bond donors (Lipinski definition) is 1. The molecule has 0 spiro atoms. The van der Waals surface area contributed by atoms with Gasteiger partial charge in [0.05, 0.1) is 0 Å². The van der Waals surface area contributed by atoms with Crippen LogP contribution in [0.2, 0.25) is 0 Å². The maximum Gasteiger partial charge on any atom is 0.257 e. The third kappa shape index (κ3) is 4.04. The zero-order valence-electron chi connectivity index (χ0n) is 12.0. The topological polar surface area (TPSA) is 56.0 Å². The minimum absolute atomic E-state index is 0.196. The summed E-state index contributed by atoms with van der Waals surface area (Å²) in [6.45, 7) is 4.62. The van der Waals surface area contributed by atoms with Gasteiger partial charge < -0.3 is 10.5 Å². The van der Waals surface area contributed by atoms with Gasteiger partial charge in [0, 0.05) is 22.5 Å². The van der Waals surface area contributed by atoms with Crippen molar-refractivity contribution in [3.05, 3.63) is 69.6 Å². The minimum atomic E-state index is -0.245. The first-order valence-corrected chi connectivity index (χ1v) is 7.41. The van der Waals surface area contributed by atoms with Crippen molar-refractivity contribution < 1.29 is 9.52 Å². The number of benzene rings is 1. The van der Waals surface area contributed by atoms with Gasteiger partial charge in [-0.05, 0) is 23.8 Å². The molecule has 2 aromatic rings. The van der Waals surface area contributed by atoms with Gasteiger partial charge in [-0.15, -0.1) is 0 Å². The van der Waals surface area contributed by atoms with Gasteiger partial charge in [-0.25, -0.2) is 0 Å². The van der Waals surface area contributed by atoms with E-state index in [1.54, 1.807) is 12.1 Å². The molecule has 0 atom stereocenters. The predicted octanol–water partition coefficient (Wildman–Crippen LogP) is 2.79. The van der Waals surface area contributed by atoms with Crippen molar-refractivity contribution in [1.82, 2.24) is 5.32 Å². The fourth-order valence-electron chi connectivity index (χ4n) is 2.00. The predicted molar refractivity (Wildman–Crippen MR) is 84.9 cm³/mol. The lowest BCUT2D eigenvalue weighted by molar-refractivity contribution is -0.605. The summed E-state index contributed by atoms with van der Waals surface area (Å²) in [6.07, 6.45) is 2.62. The van der Waals surface area contributed by atoms with Gasteiger partial charge in [0.1, 0.15) is 5.56 Å². The van der Waals surface area contributed by atoms with Crippen LogP contribution in [0.4, 0.5) is 0 Å². The average Bonchev–Trinajstić information content (AvgIpc) is 2.45. The highest BCUT2D eigenvalue weighted by Gasteiger charge is 2.22. The molecule has 0 aliphatic heterocycles. The molecule has 0 fully saturated rings. The van der Waals surface area contributed by atoms with Crippen LogP contribution >= 0.6 is 15.9 Å². The van der Waals surface area contributed by atoms with Crippen LogP contribution < -0.4 is 10.0 Å². The van der Waals surface area contributed by atoms with Gasteiger partial charge in [-0.2, -0.15) is 4.73 Å². The van der Waals surface area contributed by atoms with Crippen molar-refractivity contribution in [2.45, 2.75) is 19.3 Å². The molecule has 1 amide bonds. The first-order valence-electron chi connectivity index (χ1n) is 6.61. The van der Waals surface area contributed by atoms with Crippen LogP contribution in [0, 0.1) is 5.21 Å². The van der Waals surface area contributed by atoms with Crippen LogP contribution in [-0.4, -0.2) is 12.5 Å². The second-order valence-corrected chi connectivity index (χ2v) is 6.44. The monoisotopic (exact) mass is 348 g/mol. The fourth-order valence-corrected chi connectivity index (χ4v) is 2.26. The molecular formula is C16H17BrN2O2. The van der Waals surface area contributed by atoms with Crippen LogP contribution in [0.15, 0.2) is 53.3 Å². The molecule has 0 unspecified atom stereocenters. The molecule has 0 saturated carbocycles. The lowest BCUT2D eigenvalue weighted by atomic mass is 9.84. The Kier molecular flexibility index (Phi) is 4.63. The number of aromatic nitrogens is 1. The average molecular weight is 349 g/mol. The quantitative estimate of drug-likeness (QED) is 0.682. The van der Waals surface area contributed by atoms with E-state index in [-0.39, 0.29) is 11.3 Å². The lowest BCUT2D eigenvalue weighted by Crippen LogP contribution is -2.37. The van der Waals surface area contributed by atoms with Crippen LogP contribution in [0.1, 0.15) is 29.8 Å². The van der Waals surface area contributed by atoms with E-state index in [4.69, 9.17) is 0 Å². The smallest absolute Gasteiger partial charge is 0.257 e. The molecular weight excluding hydrogens is 332 g/mol. The van der Waals surface area contributed by atoms with E-state index in [0.717, 1.165) is 10.0 Å². The van der Waals surface area contributed by atoms with Crippen LogP contribution in [-0.2, 0) is 5.41 Å². The molecule has 1 aromatic carbocycles. The summed E-state index contributed by atoms with van der Waals surface area (Å²) in [5, 5.41) is 14.1. The van der Waals surface area contributed by atoms with Gasteiger partial charge in [-0.3, -0.25) is 4.79 Å². The van der Waals surface area contributed by atoms with E-state index in [1.807, 2.05) is 24.3 Å². The summed E-state index contributed by atoms with van der Waals surface area (Å²) in [5.74, 6) is -0.245. The molecule has 1 heterocycles. The van der Waals surface area contributed by atoms with E-state index in [9.17, 15) is 10.0 Å². The Labute approximate surface area is 132 Å². The Morgan fingerprint density at radius 2 is 1.95 bits per heavy atom. The molecule has 1 N–H and O–H groups in total. The molecule has 0 radical (unpaired) electrons. The Balaban J connectivity index is 2.04. The number of hydrogen-bond acceptors (Lipinski definition) is 2. The molecule has 5 heteroatoms.